The van der Waals surface area contributed by atoms with Crippen molar-refractivity contribution in [2.24, 2.45) is 0 Å². The summed E-state index contributed by atoms with van der Waals surface area (Å²) >= 11 is 1.64. The molecule has 0 N–H and O–H groups in total. The highest BCUT2D eigenvalue weighted by Crippen LogP contribution is 2.24. The third-order valence-electron chi connectivity index (χ3n) is 3.44. The van der Waals surface area contributed by atoms with Crippen molar-refractivity contribution in [2.75, 3.05) is 12.4 Å². The molecular weight excluding hydrogens is 310 g/mol. The average Bonchev–Trinajstić information content (AvgIpc) is 3.22. The molecule has 0 radical (unpaired) electrons. The van der Waals surface area contributed by atoms with Gasteiger partial charge >= 0.3 is 0 Å². The standard InChI is InChI=1S/C17H19N3O2S/c1-3-20-16(15-9-6-10-21-15)18-19-17(20)23-12-11-22-14-8-5-4-7-13(14)2/h4-10H,3,11-12H2,1-2H3. The summed E-state index contributed by atoms with van der Waals surface area (Å²) in [5.41, 5.74) is 1.15. The molecule has 6 heteroatoms. The molecule has 0 aliphatic carbocycles. The van der Waals surface area contributed by atoms with Crippen LogP contribution in [0.3, 0.4) is 0 Å². The van der Waals surface area contributed by atoms with Gasteiger partial charge in [-0.25, -0.2) is 0 Å². The minimum Gasteiger partial charge on any atom is -0.492 e. The minimum atomic E-state index is 0.627. The van der Waals surface area contributed by atoms with Gasteiger partial charge in [-0.15, -0.1) is 10.2 Å². The Balaban J connectivity index is 1.60. The number of nitrogens with zero attached hydrogens (tertiary/aromatic N) is 3. The number of rotatable bonds is 7. The van der Waals surface area contributed by atoms with Gasteiger partial charge in [0.25, 0.3) is 0 Å². The van der Waals surface area contributed by atoms with Crippen LogP contribution in [0, 0.1) is 6.92 Å². The van der Waals surface area contributed by atoms with E-state index >= 15 is 0 Å². The molecule has 0 amide bonds. The van der Waals surface area contributed by atoms with E-state index in [0.29, 0.717) is 6.61 Å². The fourth-order valence-electron chi connectivity index (χ4n) is 2.27. The summed E-state index contributed by atoms with van der Waals surface area (Å²) in [5.74, 6) is 3.24. The van der Waals surface area contributed by atoms with Crippen molar-refractivity contribution in [3.8, 4) is 17.3 Å². The second-order valence-electron chi connectivity index (χ2n) is 4.99. The maximum Gasteiger partial charge on any atom is 0.200 e. The summed E-state index contributed by atoms with van der Waals surface area (Å²) < 4.78 is 13.3. The summed E-state index contributed by atoms with van der Waals surface area (Å²) in [7, 11) is 0. The smallest absolute Gasteiger partial charge is 0.200 e. The molecule has 0 spiro atoms. The SMILES string of the molecule is CCn1c(SCCOc2ccccc2C)nnc1-c1ccco1. The lowest BCUT2D eigenvalue weighted by Gasteiger charge is -2.09. The van der Waals surface area contributed by atoms with Crippen molar-refractivity contribution < 1.29 is 9.15 Å². The molecule has 0 bridgehead atoms. The van der Waals surface area contributed by atoms with Crippen LogP contribution in [0.15, 0.2) is 52.2 Å². The molecule has 0 fully saturated rings. The fourth-order valence-corrected chi connectivity index (χ4v) is 3.09. The van der Waals surface area contributed by atoms with Crippen LogP contribution in [0.25, 0.3) is 11.6 Å². The second-order valence-corrected chi connectivity index (χ2v) is 6.05. The predicted octanol–water partition coefficient (Wildman–Crippen LogP) is 4.04. The first-order valence-corrected chi connectivity index (χ1v) is 8.56. The van der Waals surface area contributed by atoms with Crippen LogP contribution in [0.2, 0.25) is 0 Å². The molecule has 23 heavy (non-hydrogen) atoms. The topological polar surface area (TPSA) is 53.1 Å². The number of ether oxygens (including phenoxy) is 1. The van der Waals surface area contributed by atoms with Crippen molar-refractivity contribution in [1.82, 2.24) is 14.8 Å². The molecule has 0 saturated carbocycles. The number of furan rings is 1. The van der Waals surface area contributed by atoms with Crippen molar-refractivity contribution in [3.05, 3.63) is 48.2 Å². The van der Waals surface area contributed by atoms with E-state index in [9.17, 15) is 0 Å². The zero-order valence-corrected chi connectivity index (χ0v) is 14.0. The first-order valence-electron chi connectivity index (χ1n) is 7.58. The summed E-state index contributed by atoms with van der Waals surface area (Å²) in [4.78, 5) is 0. The van der Waals surface area contributed by atoms with Gasteiger partial charge in [0.1, 0.15) is 5.75 Å². The Hall–Kier alpha value is -2.21. The molecule has 1 aromatic carbocycles. The Bertz CT molecular complexity index is 753. The predicted molar refractivity (Wildman–Crippen MR) is 90.8 cm³/mol. The van der Waals surface area contributed by atoms with Crippen LogP contribution >= 0.6 is 11.8 Å². The Labute approximate surface area is 139 Å². The minimum absolute atomic E-state index is 0.627. The van der Waals surface area contributed by atoms with Gasteiger partial charge in [-0.1, -0.05) is 30.0 Å². The molecule has 5 nitrogen and oxygen atoms in total. The Morgan fingerprint density at radius 3 is 2.78 bits per heavy atom. The fraction of sp³-hybridized carbons (Fsp3) is 0.294. The highest BCUT2D eigenvalue weighted by Gasteiger charge is 2.14. The van der Waals surface area contributed by atoms with Gasteiger partial charge in [-0.05, 0) is 37.6 Å². The molecule has 0 atom stereocenters. The van der Waals surface area contributed by atoms with Crippen molar-refractivity contribution in [2.45, 2.75) is 25.5 Å². The number of aryl methyl sites for hydroxylation is 1. The van der Waals surface area contributed by atoms with Crippen LogP contribution in [-0.2, 0) is 6.54 Å². The third-order valence-corrected chi connectivity index (χ3v) is 4.37. The summed E-state index contributed by atoms with van der Waals surface area (Å²) in [6.07, 6.45) is 1.65. The number of benzene rings is 1. The Kier molecular flexibility index (Phi) is 5.02. The van der Waals surface area contributed by atoms with Gasteiger partial charge in [-0.3, -0.25) is 4.57 Å². The van der Waals surface area contributed by atoms with Gasteiger partial charge in [-0.2, -0.15) is 0 Å². The Morgan fingerprint density at radius 2 is 2.04 bits per heavy atom. The van der Waals surface area contributed by atoms with Gasteiger partial charge in [0.2, 0.25) is 0 Å². The van der Waals surface area contributed by atoms with Gasteiger partial charge in [0, 0.05) is 12.3 Å². The van der Waals surface area contributed by atoms with E-state index in [1.54, 1.807) is 18.0 Å². The van der Waals surface area contributed by atoms with E-state index in [-0.39, 0.29) is 0 Å². The first kappa shape index (κ1) is 15.7. The zero-order valence-electron chi connectivity index (χ0n) is 13.2. The molecule has 0 aliphatic rings. The van der Waals surface area contributed by atoms with Crippen LogP contribution < -0.4 is 4.74 Å². The number of thioether (sulfide) groups is 1. The molecule has 3 aromatic rings. The maximum absolute atomic E-state index is 5.81. The molecule has 0 saturated heterocycles. The van der Waals surface area contributed by atoms with E-state index in [1.165, 1.54) is 0 Å². The van der Waals surface area contributed by atoms with Crippen LogP contribution in [0.1, 0.15) is 12.5 Å². The summed E-state index contributed by atoms with van der Waals surface area (Å²) in [5, 5.41) is 9.39. The number of aromatic nitrogens is 3. The molecule has 3 rings (SSSR count). The number of para-hydroxylation sites is 1. The molecule has 2 aromatic heterocycles. The lowest BCUT2D eigenvalue weighted by Crippen LogP contribution is -2.04. The van der Waals surface area contributed by atoms with E-state index in [2.05, 4.69) is 21.7 Å². The average molecular weight is 329 g/mol. The van der Waals surface area contributed by atoms with E-state index < -0.39 is 0 Å². The third kappa shape index (κ3) is 3.59. The molecule has 120 valence electrons. The summed E-state index contributed by atoms with van der Waals surface area (Å²) in [6, 6.07) is 11.8. The lowest BCUT2D eigenvalue weighted by atomic mass is 10.2. The monoisotopic (exact) mass is 329 g/mol. The normalized spacial score (nSPS) is 10.9. The van der Waals surface area contributed by atoms with Crippen LogP contribution in [-0.4, -0.2) is 27.1 Å². The Morgan fingerprint density at radius 1 is 1.17 bits per heavy atom. The van der Waals surface area contributed by atoms with Crippen LogP contribution in [0.5, 0.6) is 5.75 Å². The quantitative estimate of drug-likeness (QED) is 0.484. The molecule has 0 unspecified atom stereocenters. The highest BCUT2D eigenvalue weighted by molar-refractivity contribution is 7.99. The molecule has 0 aliphatic heterocycles. The molecular formula is C17H19N3O2S. The zero-order chi connectivity index (χ0) is 16.1. The van der Waals surface area contributed by atoms with Gasteiger partial charge in [0.05, 0.1) is 12.9 Å². The van der Waals surface area contributed by atoms with Gasteiger partial charge in [0.15, 0.2) is 16.7 Å². The van der Waals surface area contributed by atoms with E-state index in [4.69, 9.17) is 9.15 Å². The maximum atomic E-state index is 5.81. The van der Waals surface area contributed by atoms with Crippen molar-refractivity contribution in [3.63, 3.8) is 0 Å². The van der Waals surface area contributed by atoms with E-state index in [0.717, 1.165) is 40.4 Å². The van der Waals surface area contributed by atoms with E-state index in [1.807, 2.05) is 43.3 Å². The largest absolute Gasteiger partial charge is 0.492 e. The number of hydrogen-bond acceptors (Lipinski definition) is 5. The second kappa shape index (κ2) is 7.37. The first-order chi connectivity index (χ1) is 11.3. The van der Waals surface area contributed by atoms with Crippen molar-refractivity contribution >= 4 is 11.8 Å². The van der Waals surface area contributed by atoms with Gasteiger partial charge < -0.3 is 9.15 Å². The molecule has 2 heterocycles. The number of hydrogen-bond donors (Lipinski definition) is 0. The lowest BCUT2D eigenvalue weighted by molar-refractivity contribution is 0.341. The van der Waals surface area contributed by atoms with Crippen molar-refractivity contribution in [1.29, 1.82) is 0 Å². The van der Waals surface area contributed by atoms with Crippen LogP contribution in [0.4, 0.5) is 0 Å². The highest BCUT2D eigenvalue weighted by atomic mass is 32.2. The summed E-state index contributed by atoms with van der Waals surface area (Å²) in [6.45, 7) is 5.54.